The van der Waals surface area contributed by atoms with E-state index in [1.807, 2.05) is 0 Å². The second kappa shape index (κ2) is 9.50. The van der Waals surface area contributed by atoms with E-state index in [0.29, 0.717) is 37.5 Å². The van der Waals surface area contributed by atoms with E-state index in [4.69, 9.17) is 15.2 Å². The van der Waals surface area contributed by atoms with E-state index in [1.165, 1.54) is 24.0 Å². The van der Waals surface area contributed by atoms with E-state index < -0.39 is 23.1 Å². The minimum absolute atomic E-state index is 0.403. The molecule has 1 saturated heterocycles. The van der Waals surface area contributed by atoms with E-state index in [0.717, 1.165) is 64.1 Å². The maximum atomic E-state index is 12.4. The van der Waals surface area contributed by atoms with E-state index in [1.54, 1.807) is 0 Å². The molecule has 0 bridgehead atoms. The van der Waals surface area contributed by atoms with Gasteiger partial charge in [0.05, 0.1) is 6.61 Å². The summed E-state index contributed by atoms with van der Waals surface area (Å²) in [7, 11) is 0. The molecule has 0 radical (unpaired) electrons. The van der Waals surface area contributed by atoms with Gasteiger partial charge in [0.2, 0.25) is 0 Å². The summed E-state index contributed by atoms with van der Waals surface area (Å²) in [5, 5.41) is 10.3. The molecule has 5 rings (SSSR count). The van der Waals surface area contributed by atoms with Gasteiger partial charge in [0.15, 0.2) is 11.2 Å². The average Bonchev–Trinajstić information content (AvgIpc) is 3.31. The minimum atomic E-state index is -1.42. The van der Waals surface area contributed by atoms with Gasteiger partial charge in [-0.25, -0.2) is 4.79 Å². The smallest absolute Gasteiger partial charge is 0.339 e. The number of ether oxygens (including phenoxy) is 2. The number of fused-ring (bicyclic) bond motifs is 1. The molecule has 2 aliphatic heterocycles. The highest BCUT2D eigenvalue weighted by Crippen LogP contribution is 2.41. The first kappa shape index (κ1) is 23.6. The van der Waals surface area contributed by atoms with Crippen molar-refractivity contribution < 1.29 is 24.2 Å². The summed E-state index contributed by atoms with van der Waals surface area (Å²) in [6.45, 7) is 4.10. The molecule has 2 aliphatic carbocycles. The van der Waals surface area contributed by atoms with Crippen LogP contribution in [0.5, 0.6) is 5.75 Å². The van der Waals surface area contributed by atoms with E-state index in [9.17, 15) is 14.7 Å². The molecular formula is C27H38N2O5. The molecule has 0 atom stereocenters. The van der Waals surface area contributed by atoms with Gasteiger partial charge in [0, 0.05) is 12.0 Å². The number of piperidine rings is 1. The Morgan fingerprint density at radius 1 is 1.12 bits per heavy atom. The van der Waals surface area contributed by atoms with Crippen molar-refractivity contribution in [2.24, 2.45) is 11.7 Å². The highest BCUT2D eigenvalue weighted by atomic mass is 16.6. The standard InChI is InChI=1S/C27H38N2O5/c28-24(30)27(34-25(31)26(32)11-2-12-26)13-5-19(6-14-27)7-15-29-16-8-20(9-17-29)21-3-1-4-23-22(21)10-18-33-23/h1,3-4,19-20,32H,2,5-18H2,(H2,28,30). The molecule has 186 valence electrons. The number of benzene rings is 1. The molecule has 0 aromatic heterocycles. The lowest BCUT2D eigenvalue weighted by molar-refractivity contribution is -0.196. The fourth-order valence-corrected chi connectivity index (χ4v) is 6.28. The third kappa shape index (κ3) is 4.57. The predicted octanol–water partition coefficient (Wildman–Crippen LogP) is 3.06. The van der Waals surface area contributed by atoms with Crippen molar-refractivity contribution in [3.8, 4) is 5.75 Å². The molecule has 7 heteroatoms. The van der Waals surface area contributed by atoms with Crippen molar-refractivity contribution in [3.05, 3.63) is 29.3 Å². The van der Waals surface area contributed by atoms with Crippen LogP contribution < -0.4 is 10.5 Å². The van der Waals surface area contributed by atoms with Crippen molar-refractivity contribution in [1.82, 2.24) is 4.90 Å². The topological polar surface area (TPSA) is 102 Å². The van der Waals surface area contributed by atoms with Crippen LogP contribution in [0.25, 0.3) is 0 Å². The van der Waals surface area contributed by atoms with Crippen LogP contribution in [0.15, 0.2) is 18.2 Å². The third-order valence-electron chi connectivity index (χ3n) is 8.87. The zero-order chi connectivity index (χ0) is 23.8. The summed E-state index contributed by atoms with van der Waals surface area (Å²) >= 11 is 0. The van der Waals surface area contributed by atoms with Crippen molar-refractivity contribution in [2.45, 2.75) is 87.7 Å². The van der Waals surface area contributed by atoms with Gasteiger partial charge in [-0.1, -0.05) is 12.1 Å². The van der Waals surface area contributed by atoms with E-state index in [-0.39, 0.29) is 0 Å². The molecule has 0 unspecified atom stereocenters. The Hall–Kier alpha value is -2.12. The maximum Gasteiger partial charge on any atom is 0.339 e. The number of hydrogen-bond donors (Lipinski definition) is 2. The Kier molecular flexibility index (Phi) is 6.60. The Bertz CT molecular complexity index is 912. The van der Waals surface area contributed by atoms with Crippen LogP contribution in [0.1, 0.15) is 81.3 Å². The normalized spacial score (nSPS) is 29.0. The lowest BCUT2D eigenvalue weighted by atomic mass is 9.76. The first-order valence-corrected chi connectivity index (χ1v) is 13.1. The van der Waals surface area contributed by atoms with Crippen molar-refractivity contribution in [2.75, 3.05) is 26.2 Å². The molecule has 2 heterocycles. The van der Waals surface area contributed by atoms with Gasteiger partial charge in [0.1, 0.15) is 5.75 Å². The van der Waals surface area contributed by atoms with Crippen molar-refractivity contribution in [3.63, 3.8) is 0 Å². The monoisotopic (exact) mass is 470 g/mol. The van der Waals surface area contributed by atoms with Crippen LogP contribution in [0, 0.1) is 5.92 Å². The number of rotatable bonds is 7. The largest absolute Gasteiger partial charge is 0.493 e. The van der Waals surface area contributed by atoms with Crippen LogP contribution >= 0.6 is 0 Å². The minimum Gasteiger partial charge on any atom is -0.493 e. The summed E-state index contributed by atoms with van der Waals surface area (Å²) in [4.78, 5) is 27.2. The number of likely N-dealkylation sites (tertiary alicyclic amines) is 1. The van der Waals surface area contributed by atoms with Gasteiger partial charge in [-0.3, -0.25) is 4.79 Å². The molecule has 34 heavy (non-hydrogen) atoms. The van der Waals surface area contributed by atoms with E-state index >= 15 is 0 Å². The zero-order valence-electron chi connectivity index (χ0n) is 20.1. The SMILES string of the molecule is NC(=O)C1(OC(=O)C2(O)CCC2)CCC(CCN2CCC(c3cccc4c3CCO4)CC2)CC1. The summed E-state index contributed by atoms with van der Waals surface area (Å²) in [6, 6.07) is 6.51. The first-order valence-electron chi connectivity index (χ1n) is 13.1. The molecular weight excluding hydrogens is 432 g/mol. The van der Waals surface area contributed by atoms with Crippen LogP contribution in [-0.2, 0) is 20.7 Å². The number of amides is 1. The van der Waals surface area contributed by atoms with Crippen molar-refractivity contribution >= 4 is 11.9 Å². The highest BCUT2D eigenvalue weighted by Gasteiger charge is 2.50. The Balaban J connectivity index is 1.08. The molecule has 1 aromatic carbocycles. The Labute approximate surface area is 202 Å². The number of aliphatic hydroxyl groups is 1. The summed E-state index contributed by atoms with van der Waals surface area (Å²) in [6.07, 6.45) is 8.66. The van der Waals surface area contributed by atoms with E-state index in [2.05, 4.69) is 23.1 Å². The number of esters is 1. The molecule has 1 aromatic rings. The first-order chi connectivity index (χ1) is 16.4. The molecule has 2 saturated carbocycles. The highest BCUT2D eigenvalue weighted by molar-refractivity contribution is 5.89. The Morgan fingerprint density at radius 3 is 2.50 bits per heavy atom. The average molecular weight is 471 g/mol. The summed E-state index contributed by atoms with van der Waals surface area (Å²) in [5.41, 5.74) is 5.91. The van der Waals surface area contributed by atoms with Gasteiger partial charge in [-0.05, 0) is 107 Å². The fraction of sp³-hybridized carbons (Fsp3) is 0.704. The number of carbonyl (C=O) groups is 2. The molecule has 0 spiro atoms. The number of nitrogens with zero attached hydrogens (tertiary/aromatic N) is 1. The lowest BCUT2D eigenvalue weighted by Crippen LogP contribution is -2.55. The fourth-order valence-electron chi connectivity index (χ4n) is 6.28. The zero-order valence-corrected chi connectivity index (χ0v) is 20.1. The van der Waals surface area contributed by atoms with Gasteiger partial charge >= 0.3 is 5.97 Å². The number of hydrogen-bond acceptors (Lipinski definition) is 6. The number of nitrogens with two attached hydrogens (primary N) is 1. The second-order valence-electron chi connectivity index (χ2n) is 10.9. The van der Waals surface area contributed by atoms with Gasteiger partial charge in [-0.15, -0.1) is 0 Å². The lowest BCUT2D eigenvalue weighted by Gasteiger charge is -2.41. The predicted molar refractivity (Wildman–Crippen MR) is 127 cm³/mol. The van der Waals surface area contributed by atoms with Crippen LogP contribution in [0.3, 0.4) is 0 Å². The van der Waals surface area contributed by atoms with Crippen LogP contribution in [0.4, 0.5) is 0 Å². The molecule has 7 nitrogen and oxygen atoms in total. The molecule has 4 aliphatic rings. The molecule has 1 amide bonds. The number of primary amides is 1. The quantitative estimate of drug-likeness (QED) is 0.594. The summed E-state index contributed by atoms with van der Waals surface area (Å²) in [5.74, 6) is 0.956. The summed E-state index contributed by atoms with van der Waals surface area (Å²) < 4.78 is 11.3. The molecule has 3 N–H and O–H groups in total. The Morgan fingerprint density at radius 2 is 1.85 bits per heavy atom. The van der Waals surface area contributed by atoms with Crippen LogP contribution in [0.2, 0.25) is 0 Å². The molecule has 3 fully saturated rings. The third-order valence-corrected chi connectivity index (χ3v) is 8.87. The second-order valence-corrected chi connectivity index (χ2v) is 10.9. The number of carbonyl (C=O) groups excluding carboxylic acids is 2. The maximum absolute atomic E-state index is 12.4. The van der Waals surface area contributed by atoms with Crippen molar-refractivity contribution in [1.29, 1.82) is 0 Å². The van der Waals surface area contributed by atoms with Gasteiger partial charge < -0.3 is 25.2 Å². The van der Waals surface area contributed by atoms with Gasteiger partial charge in [0.25, 0.3) is 5.91 Å². The van der Waals surface area contributed by atoms with Gasteiger partial charge in [-0.2, -0.15) is 0 Å². The van der Waals surface area contributed by atoms with Crippen LogP contribution in [-0.4, -0.2) is 59.3 Å².